The van der Waals surface area contributed by atoms with Gasteiger partial charge in [-0.25, -0.2) is 9.78 Å². The second-order valence-electron chi connectivity index (χ2n) is 6.50. The van der Waals surface area contributed by atoms with Crippen LogP contribution in [0.2, 0.25) is 0 Å². The predicted molar refractivity (Wildman–Crippen MR) is 98.4 cm³/mol. The summed E-state index contributed by atoms with van der Waals surface area (Å²) in [5, 5.41) is 5.58. The van der Waals surface area contributed by atoms with E-state index in [1.54, 1.807) is 12.5 Å². The number of benzene rings is 1. The first kappa shape index (κ1) is 18.0. The molecule has 0 unspecified atom stereocenters. The molecule has 1 aromatic carbocycles. The number of amides is 3. The first-order valence-corrected chi connectivity index (χ1v) is 9.04. The van der Waals surface area contributed by atoms with E-state index >= 15 is 0 Å². The van der Waals surface area contributed by atoms with Crippen LogP contribution in [0, 0.1) is 0 Å². The smallest absolute Gasteiger partial charge is 0.315 e. The molecule has 7 nitrogen and oxygen atoms in total. The van der Waals surface area contributed by atoms with Crippen LogP contribution in [0.5, 0.6) is 0 Å². The Morgan fingerprint density at radius 2 is 1.92 bits per heavy atom. The molecular formula is C19H25N5O2. The molecule has 0 radical (unpaired) electrons. The maximum atomic E-state index is 11.9. The maximum Gasteiger partial charge on any atom is 0.315 e. The van der Waals surface area contributed by atoms with Crippen molar-refractivity contribution in [1.82, 2.24) is 25.1 Å². The van der Waals surface area contributed by atoms with Crippen LogP contribution in [0.15, 0.2) is 43.0 Å². The number of carbonyl (C=O) groups is 2. The first-order chi connectivity index (χ1) is 12.7. The van der Waals surface area contributed by atoms with Crippen LogP contribution in [0.3, 0.4) is 0 Å². The summed E-state index contributed by atoms with van der Waals surface area (Å²) in [6.45, 7) is 3.26. The molecule has 1 fully saturated rings. The minimum Gasteiger partial charge on any atom is -0.343 e. The van der Waals surface area contributed by atoms with Crippen molar-refractivity contribution < 1.29 is 9.59 Å². The second-order valence-corrected chi connectivity index (χ2v) is 6.50. The molecule has 3 rings (SSSR count). The molecule has 0 spiro atoms. The van der Waals surface area contributed by atoms with Crippen molar-refractivity contribution >= 4 is 11.9 Å². The number of hydrogen-bond donors (Lipinski definition) is 2. The van der Waals surface area contributed by atoms with Crippen LogP contribution < -0.4 is 10.6 Å². The van der Waals surface area contributed by atoms with Gasteiger partial charge >= 0.3 is 6.03 Å². The highest BCUT2D eigenvalue weighted by Gasteiger charge is 2.17. The number of rotatable bonds is 7. The summed E-state index contributed by atoms with van der Waals surface area (Å²) in [7, 11) is 0. The molecule has 0 atom stereocenters. The van der Waals surface area contributed by atoms with Crippen LogP contribution in [0.1, 0.15) is 30.4 Å². The van der Waals surface area contributed by atoms with E-state index in [4.69, 9.17) is 0 Å². The number of imidazole rings is 1. The number of urea groups is 1. The fraction of sp³-hybridized carbons (Fsp3) is 0.421. The van der Waals surface area contributed by atoms with E-state index in [-0.39, 0.29) is 11.9 Å². The summed E-state index contributed by atoms with van der Waals surface area (Å²) in [4.78, 5) is 29.7. The van der Waals surface area contributed by atoms with Gasteiger partial charge in [-0.2, -0.15) is 0 Å². The zero-order valence-electron chi connectivity index (χ0n) is 14.9. The average molecular weight is 355 g/mol. The molecule has 1 aliphatic heterocycles. The van der Waals surface area contributed by atoms with Crippen LogP contribution in [0.25, 0.3) is 0 Å². The molecule has 26 heavy (non-hydrogen) atoms. The standard InChI is InChI=1S/C19H25N5O2/c25-18(24-9-1-2-10-24)6-7-21-19(26)22-13-16-4-3-5-17(12-16)14-23-11-8-20-15-23/h3-5,8,11-12,15H,1-2,6-7,9-10,13-14H2,(H2,21,22,26). The van der Waals surface area contributed by atoms with Gasteiger partial charge in [-0.05, 0) is 24.0 Å². The van der Waals surface area contributed by atoms with Crippen LogP contribution in [0.4, 0.5) is 4.79 Å². The minimum atomic E-state index is -0.251. The van der Waals surface area contributed by atoms with Crippen molar-refractivity contribution in [3.63, 3.8) is 0 Å². The summed E-state index contributed by atoms with van der Waals surface area (Å²) in [5.74, 6) is 0.120. The predicted octanol–water partition coefficient (Wildman–Crippen LogP) is 1.74. The molecule has 2 aromatic rings. The zero-order chi connectivity index (χ0) is 18.2. The van der Waals surface area contributed by atoms with Crippen molar-refractivity contribution in [3.8, 4) is 0 Å². The Balaban J connectivity index is 1.38. The average Bonchev–Trinajstić information content (AvgIpc) is 3.34. The molecule has 1 aliphatic rings. The number of likely N-dealkylation sites (tertiary alicyclic amines) is 1. The van der Waals surface area contributed by atoms with Gasteiger partial charge in [0.25, 0.3) is 0 Å². The molecule has 2 heterocycles. The van der Waals surface area contributed by atoms with Crippen LogP contribution >= 0.6 is 0 Å². The Morgan fingerprint density at radius 1 is 1.12 bits per heavy atom. The highest BCUT2D eigenvalue weighted by atomic mass is 16.2. The SMILES string of the molecule is O=C(NCCC(=O)N1CCCC1)NCc1cccc(Cn2ccnc2)c1. The van der Waals surface area contributed by atoms with Gasteiger partial charge in [0.2, 0.25) is 5.91 Å². The molecular weight excluding hydrogens is 330 g/mol. The molecule has 0 aliphatic carbocycles. The van der Waals surface area contributed by atoms with Crippen molar-refractivity contribution in [2.24, 2.45) is 0 Å². The first-order valence-electron chi connectivity index (χ1n) is 9.04. The van der Waals surface area contributed by atoms with Gasteiger partial charge in [-0.15, -0.1) is 0 Å². The topological polar surface area (TPSA) is 79.3 Å². The van der Waals surface area contributed by atoms with Gasteiger partial charge in [0.05, 0.1) is 6.33 Å². The molecule has 0 bridgehead atoms. The lowest BCUT2D eigenvalue weighted by Crippen LogP contribution is -2.38. The lowest BCUT2D eigenvalue weighted by atomic mass is 10.1. The third-order valence-electron chi connectivity index (χ3n) is 4.45. The summed E-state index contributed by atoms with van der Waals surface area (Å²) >= 11 is 0. The number of nitrogens with zero attached hydrogens (tertiary/aromatic N) is 3. The Morgan fingerprint density at radius 3 is 2.69 bits per heavy atom. The van der Waals surface area contributed by atoms with Crippen molar-refractivity contribution in [2.45, 2.75) is 32.4 Å². The Hall–Kier alpha value is -2.83. The van der Waals surface area contributed by atoms with E-state index in [9.17, 15) is 9.59 Å². The minimum absolute atomic E-state index is 0.120. The molecule has 7 heteroatoms. The zero-order valence-corrected chi connectivity index (χ0v) is 14.9. The normalized spacial score (nSPS) is 13.6. The molecule has 0 saturated carbocycles. The maximum absolute atomic E-state index is 11.9. The molecule has 138 valence electrons. The monoisotopic (exact) mass is 355 g/mol. The van der Waals surface area contributed by atoms with E-state index in [0.717, 1.165) is 43.6 Å². The van der Waals surface area contributed by atoms with E-state index in [2.05, 4.69) is 21.7 Å². The number of carbonyl (C=O) groups excluding carboxylic acids is 2. The molecule has 3 amide bonds. The molecule has 2 N–H and O–H groups in total. The van der Waals surface area contributed by atoms with Crippen molar-refractivity contribution in [3.05, 3.63) is 54.1 Å². The van der Waals surface area contributed by atoms with Crippen molar-refractivity contribution in [2.75, 3.05) is 19.6 Å². The van der Waals surface area contributed by atoms with Crippen LogP contribution in [-0.2, 0) is 17.9 Å². The Bertz CT molecular complexity index is 723. The Kier molecular flexibility index (Phi) is 6.24. The van der Waals surface area contributed by atoms with Crippen molar-refractivity contribution in [1.29, 1.82) is 0 Å². The highest BCUT2D eigenvalue weighted by molar-refractivity contribution is 5.78. The number of aromatic nitrogens is 2. The lowest BCUT2D eigenvalue weighted by Gasteiger charge is -2.15. The number of nitrogens with one attached hydrogen (secondary N) is 2. The quantitative estimate of drug-likeness (QED) is 0.794. The second kappa shape index (κ2) is 9.03. The van der Waals surface area contributed by atoms with Gasteiger partial charge < -0.3 is 20.1 Å². The third kappa shape index (κ3) is 5.34. The van der Waals surface area contributed by atoms with E-state index < -0.39 is 0 Å². The molecule has 1 aromatic heterocycles. The summed E-state index contributed by atoms with van der Waals surface area (Å²) in [6, 6.07) is 7.83. The van der Waals surface area contributed by atoms with Gasteiger partial charge in [0, 0.05) is 51.5 Å². The lowest BCUT2D eigenvalue weighted by molar-refractivity contribution is -0.129. The highest BCUT2D eigenvalue weighted by Crippen LogP contribution is 2.09. The Labute approximate surface area is 153 Å². The largest absolute Gasteiger partial charge is 0.343 e. The third-order valence-corrected chi connectivity index (χ3v) is 4.45. The fourth-order valence-corrected chi connectivity index (χ4v) is 3.08. The van der Waals surface area contributed by atoms with Gasteiger partial charge in [0.1, 0.15) is 0 Å². The summed E-state index contributed by atoms with van der Waals surface area (Å²) in [5.41, 5.74) is 2.19. The van der Waals surface area contributed by atoms with Gasteiger partial charge in [-0.3, -0.25) is 4.79 Å². The van der Waals surface area contributed by atoms with Gasteiger partial charge in [0.15, 0.2) is 0 Å². The van der Waals surface area contributed by atoms with E-state index in [1.807, 2.05) is 33.9 Å². The fourth-order valence-electron chi connectivity index (χ4n) is 3.08. The summed E-state index contributed by atoms with van der Waals surface area (Å²) in [6.07, 6.45) is 7.97. The summed E-state index contributed by atoms with van der Waals surface area (Å²) < 4.78 is 2.00. The number of hydrogen-bond acceptors (Lipinski definition) is 3. The van der Waals surface area contributed by atoms with Crippen LogP contribution in [-0.4, -0.2) is 46.0 Å². The van der Waals surface area contributed by atoms with E-state index in [0.29, 0.717) is 19.5 Å². The van der Waals surface area contributed by atoms with Gasteiger partial charge in [-0.1, -0.05) is 24.3 Å². The molecule has 1 saturated heterocycles. The van der Waals surface area contributed by atoms with E-state index in [1.165, 1.54) is 0 Å².